The van der Waals surface area contributed by atoms with Gasteiger partial charge in [-0.05, 0) is 54.6 Å². The number of non-ortho nitro benzene ring substituents is 2. The summed E-state index contributed by atoms with van der Waals surface area (Å²) in [5, 5.41) is 58.5. The highest BCUT2D eigenvalue weighted by Gasteiger charge is 2.33. The van der Waals surface area contributed by atoms with Gasteiger partial charge in [0.15, 0.2) is 0 Å². The van der Waals surface area contributed by atoms with Gasteiger partial charge in [-0.25, -0.2) is 9.59 Å². The van der Waals surface area contributed by atoms with Crippen LogP contribution in [0.1, 0.15) is 43.2 Å². The number of ether oxygens (including phenoxy) is 2. The lowest BCUT2D eigenvalue weighted by Crippen LogP contribution is -2.29. The Labute approximate surface area is 396 Å². The van der Waals surface area contributed by atoms with E-state index < -0.39 is 159 Å². The molecule has 1 heterocycles. The normalized spacial score (nSPS) is 11.7. The Balaban J connectivity index is 1.71. The summed E-state index contributed by atoms with van der Waals surface area (Å²) in [7, 11) is 1.71. The predicted octanol–water partition coefficient (Wildman–Crippen LogP) is 7.62. The minimum atomic E-state index is -4.91. The minimum absolute atomic E-state index is 0.500. The highest BCUT2D eigenvalue weighted by Crippen LogP contribution is 2.34. The average molecular weight is 1010 g/mol. The van der Waals surface area contributed by atoms with Gasteiger partial charge in [0, 0.05) is 36.3 Å². The van der Waals surface area contributed by atoms with Gasteiger partial charge in [-0.15, -0.1) is 0 Å². The smallest absolute Gasteiger partial charge is 0.416 e. The Morgan fingerprint density at radius 1 is 0.556 bits per heavy atom. The van der Waals surface area contributed by atoms with E-state index in [1.807, 2.05) is 0 Å². The molecule has 4 N–H and O–H groups in total. The molecule has 0 aliphatic rings. The molecule has 31 heteroatoms. The maximum atomic E-state index is 14.0. The monoisotopic (exact) mass is 1010 g/mol. The van der Waals surface area contributed by atoms with Gasteiger partial charge in [0.1, 0.15) is 22.8 Å². The summed E-state index contributed by atoms with van der Waals surface area (Å²) < 4.78 is 91.4. The molecule has 0 saturated heterocycles. The molecule has 0 fully saturated rings. The van der Waals surface area contributed by atoms with Gasteiger partial charge < -0.3 is 20.1 Å². The molecule has 0 aliphatic carbocycles. The number of methoxy groups -OCH3 is 2. The third-order valence-corrected chi connectivity index (χ3v) is 9.48. The number of hydrazone groups is 2. The lowest BCUT2D eigenvalue weighted by molar-refractivity contribution is -0.393. The van der Waals surface area contributed by atoms with Gasteiger partial charge in [0.05, 0.1) is 79.7 Å². The fourth-order valence-corrected chi connectivity index (χ4v) is 6.06. The zero-order chi connectivity index (χ0) is 53.2. The highest BCUT2D eigenvalue weighted by molar-refractivity contribution is 6.44. The van der Waals surface area contributed by atoms with Crippen LogP contribution in [-0.2, 0) is 44.3 Å². The number of hydrogen-bond acceptors (Lipinski definition) is 19. The molecule has 0 saturated carbocycles. The molecule has 0 radical (unpaired) electrons. The highest BCUT2D eigenvalue weighted by atomic mass is 19.4. The Kier molecular flexibility index (Phi) is 16.2. The molecule has 374 valence electrons. The maximum absolute atomic E-state index is 14.0. The number of aromatic nitrogens is 1. The van der Waals surface area contributed by atoms with Crippen LogP contribution in [0, 0.1) is 40.5 Å². The van der Waals surface area contributed by atoms with E-state index in [0.29, 0.717) is 36.4 Å². The number of nitrogens with one attached hydrogen (secondary N) is 4. The van der Waals surface area contributed by atoms with E-state index in [1.54, 1.807) is 0 Å². The molecule has 1 aromatic heterocycles. The molecule has 0 aliphatic heterocycles. The molecule has 25 nitrogen and oxygen atoms in total. The number of anilines is 4. The van der Waals surface area contributed by atoms with Crippen molar-refractivity contribution < 1.29 is 74.7 Å². The summed E-state index contributed by atoms with van der Waals surface area (Å²) in [4.78, 5) is 101. The number of alkyl halides is 6. The largest absolute Gasteiger partial charge is 0.465 e. The number of benzene rings is 4. The molecule has 0 atom stereocenters. The van der Waals surface area contributed by atoms with Crippen LogP contribution in [0.4, 0.5) is 71.8 Å². The van der Waals surface area contributed by atoms with Crippen LogP contribution in [0.2, 0.25) is 0 Å². The van der Waals surface area contributed by atoms with E-state index in [4.69, 9.17) is 9.47 Å². The second kappa shape index (κ2) is 22.0. The standard InChI is InChI=1S/C41H29F6N11O14/c1-71-38(61)26-17-27(39(62)72-2)31(19-33(37(60)49-23-8-4-6-21(14-23)41(45,46)47)54-52-29-12-10-25(56(65)66)16-35(29)58(69)70)50-30(26)18-32(36(59)48-22-7-3-5-20(13-22)40(42,43)44)53-51-28-11-9-24(55(63)64)15-34(28)57(67)68/h3-17,51-52H,18-19H2,1-2H3,(H,48,59)(H,49,60). The third kappa shape index (κ3) is 13.2. The first kappa shape index (κ1) is 53.0. The first-order valence-corrected chi connectivity index (χ1v) is 19.5. The van der Waals surface area contributed by atoms with Crippen LogP contribution in [0.5, 0.6) is 0 Å². The summed E-state index contributed by atoms with van der Waals surface area (Å²) in [5.41, 5.74) is -8.11. The molecule has 2 amide bonds. The number of rotatable bonds is 18. The lowest BCUT2D eigenvalue weighted by atomic mass is 10.00. The Morgan fingerprint density at radius 2 is 0.931 bits per heavy atom. The van der Waals surface area contributed by atoms with Crippen molar-refractivity contribution in [3.05, 3.63) is 165 Å². The van der Waals surface area contributed by atoms with E-state index >= 15 is 0 Å². The number of carbonyl (C=O) groups is 4. The summed E-state index contributed by atoms with van der Waals surface area (Å²) >= 11 is 0. The molecule has 72 heavy (non-hydrogen) atoms. The topological polar surface area (TPSA) is 345 Å². The predicted molar refractivity (Wildman–Crippen MR) is 236 cm³/mol. The molecule has 0 bridgehead atoms. The third-order valence-electron chi connectivity index (χ3n) is 9.48. The van der Waals surface area contributed by atoms with Crippen molar-refractivity contribution >= 4 is 80.7 Å². The quantitative estimate of drug-likeness (QED) is 0.0215. The van der Waals surface area contributed by atoms with Crippen LogP contribution >= 0.6 is 0 Å². The number of esters is 2. The van der Waals surface area contributed by atoms with E-state index in [-0.39, 0.29) is 0 Å². The van der Waals surface area contributed by atoms with E-state index in [9.17, 15) is 86.0 Å². The van der Waals surface area contributed by atoms with Crippen LogP contribution in [-0.4, -0.2) is 74.1 Å². The molecular weight excluding hydrogens is 985 g/mol. The number of halogens is 6. The SMILES string of the molecule is COC(=O)c1cc(C(=O)OC)c(CC(=NNc2ccc([N+](=O)[O-])cc2[N+](=O)[O-])C(=O)Nc2cccc(C(F)(F)F)c2)nc1CC(=NNc1ccc([N+](=O)[O-])cc1[N+](=O)[O-])C(=O)Nc1cccc(C(F)(F)F)c1. The second-order valence-corrected chi connectivity index (χ2v) is 14.2. The van der Waals surface area contributed by atoms with Crippen molar-refractivity contribution in [2.24, 2.45) is 10.2 Å². The van der Waals surface area contributed by atoms with Gasteiger partial charge in [0.2, 0.25) is 0 Å². The summed E-state index contributed by atoms with van der Waals surface area (Å²) in [5.74, 6) is -5.37. The van der Waals surface area contributed by atoms with Crippen molar-refractivity contribution in [2.75, 3.05) is 35.7 Å². The van der Waals surface area contributed by atoms with E-state index in [2.05, 4.69) is 36.7 Å². The number of carbonyl (C=O) groups excluding carboxylic acids is 4. The molecular formula is C41H29F6N11O14. The summed E-state index contributed by atoms with van der Waals surface area (Å²) in [6.07, 6.45) is -11.9. The van der Waals surface area contributed by atoms with Crippen LogP contribution < -0.4 is 21.5 Å². The van der Waals surface area contributed by atoms with Crippen molar-refractivity contribution in [3.8, 4) is 0 Å². The molecule has 0 spiro atoms. The number of amides is 2. The van der Waals surface area contributed by atoms with Gasteiger partial charge in [-0.3, -0.25) is 65.9 Å². The Bertz CT molecular complexity index is 2910. The Morgan fingerprint density at radius 3 is 1.25 bits per heavy atom. The van der Waals surface area contributed by atoms with Crippen molar-refractivity contribution in [1.82, 2.24) is 4.98 Å². The van der Waals surface area contributed by atoms with Crippen LogP contribution in [0.25, 0.3) is 0 Å². The fourth-order valence-electron chi connectivity index (χ4n) is 6.06. The second-order valence-electron chi connectivity index (χ2n) is 14.2. The zero-order valence-electron chi connectivity index (χ0n) is 36.2. The summed E-state index contributed by atoms with van der Waals surface area (Å²) in [6.45, 7) is 0. The van der Waals surface area contributed by atoms with Crippen molar-refractivity contribution in [3.63, 3.8) is 0 Å². The molecule has 4 aromatic carbocycles. The average Bonchev–Trinajstić information content (AvgIpc) is 3.32. The lowest BCUT2D eigenvalue weighted by Gasteiger charge is -2.16. The number of nitrogens with zero attached hydrogens (tertiary/aromatic N) is 7. The van der Waals surface area contributed by atoms with Crippen molar-refractivity contribution in [2.45, 2.75) is 25.2 Å². The summed E-state index contributed by atoms with van der Waals surface area (Å²) in [6, 6.07) is 11.3. The first-order valence-electron chi connectivity index (χ1n) is 19.5. The zero-order valence-corrected chi connectivity index (χ0v) is 36.2. The minimum Gasteiger partial charge on any atom is -0.465 e. The number of nitro groups is 4. The molecule has 5 aromatic rings. The van der Waals surface area contributed by atoms with Crippen LogP contribution in [0.3, 0.4) is 0 Å². The fraction of sp³-hybridized carbons (Fsp3) is 0.146. The number of nitro benzene ring substituents is 4. The molecule has 0 unspecified atom stereocenters. The van der Waals surface area contributed by atoms with Gasteiger partial charge in [0.25, 0.3) is 23.2 Å². The number of hydrogen-bond donors (Lipinski definition) is 4. The van der Waals surface area contributed by atoms with Crippen LogP contribution in [0.15, 0.2) is 101 Å². The van der Waals surface area contributed by atoms with Gasteiger partial charge in [-0.1, -0.05) is 12.1 Å². The molecule has 5 rings (SSSR count). The van der Waals surface area contributed by atoms with Gasteiger partial charge in [-0.2, -0.15) is 36.5 Å². The van der Waals surface area contributed by atoms with Gasteiger partial charge >= 0.3 is 35.7 Å². The first-order chi connectivity index (χ1) is 33.8. The maximum Gasteiger partial charge on any atom is 0.416 e. The van der Waals surface area contributed by atoms with E-state index in [1.165, 1.54) is 0 Å². The van der Waals surface area contributed by atoms with E-state index in [0.717, 1.165) is 68.8 Å². The Hall–Kier alpha value is -9.97. The number of pyridine rings is 1. The van der Waals surface area contributed by atoms with Crippen molar-refractivity contribution in [1.29, 1.82) is 0 Å².